The number of rotatable bonds is 6. The van der Waals surface area contributed by atoms with Gasteiger partial charge >= 0.3 is 0 Å². The molecule has 134 valence electrons. The summed E-state index contributed by atoms with van der Waals surface area (Å²) in [6, 6.07) is 13.6. The number of methoxy groups -OCH3 is 1. The van der Waals surface area contributed by atoms with Crippen molar-refractivity contribution in [2.45, 2.75) is 26.3 Å². The number of aryl methyl sites for hydroxylation is 1. The van der Waals surface area contributed by atoms with Crippen molar-refractivity contribution in [1.29, 1.82) is 0 Å². The van der Waals surface area contributed by atoms with Crippen molar-refractivity contribution in [3.63, 3.8) is 0 Å². The molecule has 0 fully saturated rings. The monoisotopic (exact) mass is 350 g/mol. The Morgan fingerprint density at radius 1 is 1.23 bits per heavy atom. The fourth-order valence-corrected chi connectivity index (χ4v) is 2.85. The number of carbonyl (C=O) groups is 1. The van der Waals surface area contributed by atoms with Crippen LogP contribution in [0.2, 0.25) is 0 Å². The molecule has 0 aliphatic carbocycles. The third-order valence-corrected chi connectivity index (χ3v) is 4.24. The summed E-state index contributed by atoms with van der Waals surface area (Å²) < 4.78 is 7.04. The molecule has 0 unspecified atom stereocenters. The van der Waals surface area contributed by atoms with E-state index < -0.39 is 0 Å². The van der Waals surface area contributed by atoms with Crippen LogP contribution < -0.4 is 10.1 Å². The Hall–Kier alpha value is -3.15. The van der Waals surface area contributed by atoms with Crippen LogP contribution in [0.4, 0.5) is 0 Å². The second-order valence-electron chi connectivity index (χ2n) is 6.21. The van der Waals surface area contributed by atoms with E-state index in [-0.39, 0.29) is 18.4 Å². The summed E-state index contributed by atoms with van der Waals surface area (Å²) in [4.78, 5) is 16.4. The summed E-state index contributed by atoms with van der Waals surface area (Å²) in [6.45, 7) is 3.97. The average Bonchev–Trinajstić information content (AvgIpc) is 3.16. The maximum Gasteiger partial charge on any atom is 0.225 e. The van der Waals surface area contributed by atoms with Crippen LogP contribution in [-0.4, -0.2) is 27.8 Å². The van der Waals surface area contributed by atoms with Crippen LogP contribution in [0.1, 0.15) is 29.7 Å². The number of hydrogen-bond donors (Lipinski definition) is 1. The van der Waals surface area contributed by atoms with Crippen LogP contribution in [0, 0.1) is 6.92 Å². The fourth-order valence-electron chi connectivity index (χ4n) is 2.85. The van der Waals surface area contributed by atoms with Gasteiger partial charge in [0, 0.05) is 5.56 Å². The van der Waals surface area contributed by atoms with Crippen LogP contribution in [0.25, 0.3) is 5.69 Å². The van der Waals surface area contributed by atoms with E-state index in [2.05, 4.69) is 15.4 Å². The lowest BCUT2D eigenvalue weighted by Gasteiger charge is -2.16. The van der Waals surface area contributed by atoms with Gasteiger partial charge < -0.3 is 10.1 Å². The van der Waals surface area contributed by atoms with Crippen molar-refractivity contribution < 1.29 is 9.53 Å². The van der Waals surface area contributed by atoms with Crippen molar-refractivity contribution >= 4 is 5.91 Å². The Balaban J connectivity index is 1.65. The number of benzene rings is 2. The lowest BCUT2D eigenvalue weighted by atomic mass is 10.1. The van der Waals surface area contributed by atoms with Crippen molar-refractivity contribution in [2.75, 3.05) is 7.11 Å². The normalized spacial score (nSPS) is 11.8. The zero-order valence-corrected chi connectivity index (χ0v) is 15.1. The van der Waals surface area contributed by atoms with E-state index in [1.54, 1.807) is 18.1 Å². The molecule has 6 heteroatoms. The van der Waals surface area contributed by atoms with Gasteiger partial charge in [0.15, 0.2) is 0 Å². The van der Waals surface area contributed by atoms with Crippen molar-refractivity contribution in [3.05, 3.63) is 71.8 Å². The average molecular weight is 350 g/mol. The number of nitrogens with zero attached hydrogens (tertiary/aromatic N) is 3. The largest absolute Gasteiger partial charge is 0.496 e. The van der Waals surface area contributed by atoms with E-state index in [1.165, 1.54) is 6.33 Å². The third-order valence-electron chi connectivity index (χ3n) is 4.24. The number of amides is 1. The number of carbonyl (C=O) groups excluding carboxylic acids is 1. The Morgan fingerprint density at radius 3 is 2.65 bits per heavy atom. The molecule has 1 atom stereocenters. The highest BCUT2D eigenvalue weighted by Crippen LogP contribution is 2.21. The lowest BCUT2D eigenvalue weighted by molar-refractivity contribution is -0.121. The molecule has 6 nitrogen and oxygen atoms in total. The molecule has 3 aromatic rings. The molecule has 0 bridgehead atoms. The predicted molar refractivity (Wildman–Crippen MR) is 99.4 cm³/mol. The first-order chi connectivity index (χ1) is 12.6. The first-order valence-corrected chi connectivity index (χ1v) is 8.44. The van der Waals surface area contributed by atoms with Crippen LogP contribution in [0.5, 0.6) is 5.75 Å². The van der Waals surface area contributed by atoms with Crippen molar-refractivity contribution in [1.82, 2.24) is 20.1 Å². The summed E-state index contributed by atoms with van der Waals surface area (Å²) in [5.41, 5.74) is 3.94. The van der Waals surface area contributed by atoms with Crippen molar-refractivity contribution in [2.24, 2.45) is 0 Å². The van der Waals surface area contributed by atoms with Gasteiger partial charge in [-0.15, -0.1) is 0 Å². The van der Waals surface area contributed by atoms with Gasteiger partial charge in [0.1, 0.15) is 18.4 Å². The van der Waals surface area contributed by atoms with E-state index in [9.17, 15) is 4.79 Å². The molecule has 1 N–H and O–H groups in total. The van der Waals surface area contributed by atoms with Gasteiger partial charge in [-0.2, -0.15) is 5.10 Å². The molecule has 3 rings (SSSR count). The number of ether oxygens (including phenoxy) is 1. The van der Waals surface area contributed by atoms with Crippen LogP contribution in [0.15, 0.2) is 55.1 Å². The zero-order chi connectivity index (χ0) is 18.5. The quantitative estimate of drug-likeness (QED) is 0.742. The third kappa shape index (κ3) is 4.08. The van der Waals surface area contributed by atoms with Gasteiger partial charge in [0.05, 0.1) is 25.3 Å². The molecular formula is C20H22N4O2. The second kappa shape index (κ2) is 7.82. The Labute approximate surface area is 152 Å². The van der Waals surface area contributed by atoms with E-state index >= 15 is 0 Å². The lowest BCUT2D eigenvalue weighted by Crippen LogP contribution is -2.28. The first kappa shape index (κ1) is 17.7. The highest BCUT2D eigenvalue weighted by molar-refractivity contribution is 5.79. The van der Waals surface area contributed by atoms with Gasteiger partial charge in [-0.3, -0.25) is 4.79 Å². The minimum atomic E-state index is -0.0944. The van der Waals surface area contributed by atoms with Gasteiger partial charge in [-0.1, -0.05) is 29.8 Å². The molecule has 26 heavy (non-hydrogen) atoms. The van der Waals surface area contributed by atoms with E-state index in [4.69, 9.17) is 4.74 Å². The number of aromatic nitrogens is 3. The van der Waals surface area contributed by atoms with E-state index in [0.29, 0.717) is 0 Å². The predicted octanol–water partition coefficient (Wildman–Crippen LogP) is 3.00. The molecule has 0 spiro atoms. The van der Waals surface area contributed by atoms with Crippen LogP contribution >= 0.6 is 0 Å². The molecule has 0 saturated carbocycles. The Morgan fingerprint density at radius 2 is 2.00 bits per heavy atom. The van der Waals surface area contributed by atoms with Crippen LogP contribution in [-0.2, 0) is 11.2 Å². The van der Waals surface area contributed by atoms with Crippen molar-refractivity contribution in [3.8, 4) is 11.4 Å². The van der Waals surface area contributed by atoms with Crippen LogP contribution in [0.3, 0.4) is 0 Å². The summed E-state index contributed by atoms with van der Waals surface area (Å²) in [5.74, 6) is 0.692. The standard InChI is InChI=1S/C20H22N4O2/c1-14-4-9-19(26-3)17(10-14)11-20(25)23-15(2)16-5-7-18(8-6-16)24-13-21-12-22-24/h4-10,12-13,15H,11H2,1-3H3,(H,23,25)/t15-/m1/s1. The molecule has 0 radical (unpaired) electrons. The minimum absolute atomic E-state index is 0.0400. The molecule has 0 saturated heterocycles. The van der Waals surface area contributed by atoms with Gasteiger partial charge in [-0.05, 0) is 37.6 Å². The second-order valence-corrected chi connectivity index (χ2v) is 6.21. The Bertz CT molecular complexity index is 873. The summed E-state index contributed by atoms with van der Waals surface area (Å²) in [5, 5.41) is 7.14. The molecule has 2 aromatic carbocycles. The molecule has 0 aliphatic heterocycles. The van der Waals surface area contributed by atoms with Gasteiger partial charge in [-0.25, -0.2) is 9.67 Å². The SMILES string of the molecule is COc1ccc(C)cc1CC(=O)N[C@H](C)c1ccc(-n2cncn2)cc1. The Kier molecular flexibility index (Phi) is 5.31. The molecule has 0 aliphatic rings. The fraction of sp³-hybridized carbons (Fsp3) is 0.250. The molecule has 1 amide bonds. The number of nitrogens with one attached hydrogen (secondary N) is 1. The molecule has 1 aromatic heterocycles. The summed E-state index contributed by atoms with van der Waals surface area (Å²) >= 11 is 0. The number of hydrogen-bond acceptors (Lipinski definition) is 4. The van der Waals surface area contributed by atoms with E-state index in [0.717, 1.165) is 28.1 Å². The minimum Gasteiger partial charge on any atom is -0.496 e. The summed E-state index contributed by atoms with van der Waals surface area (Å²) in [7, 11) is 1.62. The van der Waals surface area contributed by atoms with E-state index in [1.807, 2.05) is 56.3 Å². The zero-order valence-electron chi connectivity index (χ0n) is 15.1. The first-order valence-electron chi connectivity index (χ1n) is 8.44. The maximum atomic E-state index is 12.4. The molecular weight excluding hydrogens is 328 g/mol. The maximum absolute atomic E-state index is 12.4. The molecule has 1 heterocycles. The van der Waals surface area contributed by atoms with Gasteiger partial charge in [0.25, 0.3) is 0 Å². The smallest absolute Gasteiger partial charge is 0.225 e. The highest BCUT2D eigenvalue weighted by atomic mass is 16.5. The summed E-state index contributed by atoms with van der Waals surface area (Å²) in [6.07, 6.45) is 3.43. The van der Waals surface area contributed by atoms with Gasteiger partial charge in [0.2, 0.25) is 5.91 Å². The highest BCUT2D eigenvalue weighted by Gasteiger charge is 2.13. The topological polar surface area (TPSA) is 69.0 Å².